The number of aryl methyl sites for hydroxylation is 1. The first-order valence-corrected chi connectivity index (χ1v) is 9.36. The highest BCUT2D eigenvalue weighted by Crippen LogP contribution is 2.37. The normalized spacial score (nSPS) is 19.2. The molecule has 0 radical (unpaired) electrons. The summed E-state index contributed by atoms with van der Waals surface area (Å²) in [6.07, 6.45) is 3.45. The standard InChI is InChI=1S/C16H18N4O3S/c1-17-16(21)13-9-11-5-2-3-6-12(11)20(13)24(22,23)15-10-18-14-7-4-8-19(14)15/h2-3,5-6,10,13H,4,7-9H2,1H3,(H,17,21). The van der Waals surface area contributed by atoms with E-state index < -0.39 is 16.1 Å². The maximum atomic E-state index is 13.3. The Morgan fingerprint density at radius 1 is 1.33 bits per heavy atom. The summed E-state index contributed by atoms with van der Waals surface area (Å²) >= 11 is 0. The molecule has 4 rings (SSSR count). The SMILES string of the molecule is CNC(=O)C1Cc2ccccc2N1S(=O)(=O)c1cnc2n1CCC2. The van der Waals surface area contributed by atoms with E-state index in [2.05, 4.69) is 10.3 Å². The highest BCUT2D eigenvalue weighted by atomic mass is 32.2. The molecular weight excluding hydrogens is 328 g/mol. The number of anilines is 1. The molecule has 1 unspecified atom stereocenters. The van der Waals surface area contributed by atoms with Crippen molar-refractivity contribution < 1.29 is 13.2 Å². The lowest BCUT2D eigenvalue weighted by Gasteiger charge is -2.25. The van der Waals surface area contributed by atoms with Crippen LogP contribution in [0, 0.1) is 0 Å². The maximum absolute atomic E-state index is 13.3. The van der Waals surface area contributed by atoms with Gasteiger partial charge < -0.3 is 9.88 Å². The molecule has 8 heteroatoms. The fourth-order valence-electron chi connectivity index (χ4n) is 3.56. The summed E-state index contributed by atoms with van der Waals surface area (Å²) in [7, 11) is -2.34. The van der Waals surface area contributed by atoms with Gasteiger partial charge in [0.05, 0.1) is 11.9 Å². The molecule has 0 saturated heterocycles. The zero-order valence-electron chi connectivity index (χ0n) is 13.3. The van der Waals surface area contributed by atoms with Gasteiger partial charge in [0.2, 0.25) is 5.91 Å². The van der Waals surface area contributed by atoms with Crippen LogP contribution in [0.5, 0.6) is 0 Å². The van der Waals surface area contributed by atoms with Crippen LogP contribution in [0.3, 0.4) is 0 Å². The number of likely N-dealkylation sites (N-methyl/N-ethyl adjacent to an activating group) is 1. The van der Waals surface area contributed by atoms with Crippen molar-refractivity contribution in [2.24, 2.45) is 0 Å². The average Bonchev–Trinajstić information content (AvgIpc) is 3.26. The fourth-order valence-corrected chi connectivity index (χ4v) is 5.36. The first-order valence-electron chi connectivity index (χ1n) is 7.92. The topological polar surface area (TPSA) is 84.3 Å². The second-order valence-corrected chi connectivity index (χ2v) is 7.79. The van der Waals surface area contributed by atoms with E-state index in [0.717, 1.165) is 24.2 Å². The molecule has 0 saturated carbocycles. The van der Waals surface area contributed by atoms with E-state index in [1.807, 2.05) is 12.1 Å². The van der Waals surface area contributed by atoms with Crippen LogP contribution < -0.4 is 9.62 Å². The van der Waals surface area contributed by atoms with E-state index in [0.29, 0.717) is 18.7 Å². The lowest BCUT2D eigenvalue weighted by molar-refractivity contribution is -0.121. The smallest absolute Gasteiger partial charge is 0.282 e. The van der Waals surface area contributed by atoms with Crippen molar-refractivity contribution in [2.45, 2.75) is 36.9 Å². The molecule has 3 heterocycles. The predicted octanol–water partition coefficient (Wildman–Crippen LogP) is 0.695. The Labute approximate surface area is 140 Å². The highest BCUT2D eigenvalue weighted by Gasteiger charge is 2.43. The summed E-state index contributed by atoms with van der Waals surface area (Å²) in [6.45, 7) is 0.643. The number of imidazole rings is 1. The van der Waals surface area contributed by atoms with E-state index in [9.17, 15) is 13.2 Å². The van der Waals surface area contributed by atoms with Crippen LogP contribution in [-0.2, 0) is 34.2 Å². The second kappa shape index (κ2) is 5.34. The minimum atomic E-state index is -3.87. The summed E-state index contributed by atoms with van der Waals surface area (Å²) < 4.78 is 29.7. The minimum Gasteiger partial charge on any atom is -0.357 e. The number of para-hydroxylation sites is 1. The van der Waals surface area contributed by atoms with E-state index in [1.54, 1.807) is 16.7 Å². The van der Waals surface area contributed by atoms with Crippen LogP contribution in [0.15, 0.2) is 35.5 Å². The molecule has 1 aromatic carbocycles. The van der Waals surface area contributed by atoms with Crippen molar-refractivity contribution in [1.29, 1.82) is 0 Å². The van der Waals surface area contributed by atoms with Crippen LogP contribution >= 0.6 is 0 Å². The molecule has 0 fully saturated rings. The van der Waals surface area contributed by atoms with Crippen molar-refractivity contribution >= 4 is 21.6 Å². The Morgan fingerprint density at radius 3 is 2.92 bits per heavy atom. The maximum Gasteiger partial charge on any atom is 0.282 e. The Morgan fingerprint density at radius 2 is 2.12 bits per heavy atom. The molecule has 0 aliphatic carbocycles. The van der Waals surface area contributed by atoms with Crippen molar-refractivity contribution in [2.75, 3.05) is 11.4 Å². The van der Waals surface area contributed by atoms with Crippen molar-refractivity contribution in [1.82, 2.24) is 14.9 Å². The van der Waals surface area contributed by atoms with Crippen LogP contribution in [0.25, 0.3) is 0 Å². The van der Waals surface area contributed by atoms with Gasteiger partial charge in [0, 0.05) is 26.4 Å². The zero-order chi connectivity index (χ0) is 16.9. The molecule has 1 aromatic heterocycles. The van der Waals surface area contributed by atoms with E-state index in [4.69, 9.17) is 0 Å². The number of benzene rings is 1. The molecule has 24 heavy (non-hydrogen) atoms. The number of hydrogen-bond acceptors (Lipinski definition) is 4. The molecule has 1 amide bonds. The van der Waals surface area contributed by atoms with Crippen LogP contribution in [0.4, 0.5) is 5.69 Å². The number of nitrogens with zero attached hydrogens (tertiary/aromatic N) is 3. The van der Waals surface area contributed by atoms with Gasteiger partial charge in [0.1, 0.15) is 11.9 Å². The summed E-state index contributed by atoms with van der Waals surface area (Å²) in [6, 6.07) is 6.48. The molecule has 0 bridgehead atoms. The third kappa shape index (κ3) is 2.06. The quantitative estimate of drug-likeness (QED) is 0.886. The van der Waals surface area contributed by atoms with Gasteiger partial charge in [-0.2, -0.15) is 8.42 Å². The van der Waals surface area contributed by atoms with Crippen molar-refractivity contribution in [3.8, 4) is 0 Å². The summed E-state index contributed by atoms with van der Waals surface area (Å²) in [4.78, 5) is 16.5. The Bertz CT molecular complexity index is 919. The van der Waals surface area contributed by atoms with Gasteiger partial charge in [-0.15, -0.1) is 0 Å². The first-order chi connectivity index (χ1) is 11.5. The lowest BCUT2D eigenvalue weighted by atomic mass is 10.1. The van der Waals surface area contributed by atoms with Gasteiger partial charge in [-0.1, -0.05) is 18.2 Å². The monoisotopic (exact) mass is 346 g/mol. The molecule has 126 valence electrons. The number of fused-ring (bicyclic) bond motifs is 2. The Hall–Kier alpha value is -2.35. The number of carbonyl (C=O) groups excluding carboxylic acids is 1. The number of sulfonamides is 1. The van der Waals surface area contributed by atoms with Crippen LogP contribution in [-0.4, -0.2) is 37.0 Å². The fraction of sp³-hybridized carbons (Fsp3) is 0.375. The van der Waals surface area contributed by atoms with E-state index in [1.165, 1.54) is 17.5 Å². The van der Waals surface area contributed by atoms with Crippen molar-refractivity contribution in [3.05, 3.63) is 41.9 Å². The van der Waals surface area contributed by atoms with Gasteiger partial charge in [0.25, 0.3) is 10.0 Å². The molecule has 2 aliphatic rings. The number of nitrogens with one attached hydrogen (secondary N) is 1. The van der Waals surface area contributed by atoms with Gasteiger partial charge in [0.15, 0.2) is 5.03 Å². The first kappa shape index (κ1) is 15.2. The number of rotatable bonds is 3. The third-order valence-corrected chi connectivity index (χ3v) is 6.50. The second-order valence-electron chi connectivity index (χ2n) is 6.03. The molecule has 2 aliphatic heterocycles. The molecular formula is C16H18N4O3S. The number of aromatic nitrogens is 2. The molecule has 0 spiro atoms. The third-order valence-electron chi connectivity index (χ3n) is 4.68. The van der Waals surface area contributed by atoms with Gasteiger partial charge >= 0.3 is 0 Å². The summed E-state index contributed by atoms with van der Waals surface area (Å²) in [5.74, 6) is 0.480. The van der Waals surface area contributed by atoms with Gasteiger partial charge in [-0.05, 0) is 18.1 Å². The average molecular weight is 346 g/mol. The molecule has 1 atom stereocenters. The molecule has 7 nitrogen and oxygen atoms in total. The van der Waals surface area contributed by atoms with E-state index >= 15 is 0 Å². The lowest BCUT2D eigenvalue weighted by Crippen LogP contribution is -2.47. The summed E-state index contributed by atoms with van der Waals surface area (Å²) in [5.41, 5.74) is 1.43. The Kier molecular flexibility index (Phi) is 3.38. The predicted molar refractivity (Wildman–Crippen MR) is 88.2 cm³/mol. The zero-order valence-corrected chi connectivity index (χ0v) is 14.1. The molecule has 2 aromatic rings. The minimum absolute atomic E-state index is 0.167. The van der Waals surface area contributed by atoms with Crippen molar-refractivity contribution in [3.63, 3.8) is 0 Å². The number of carbonyl (C=O) groups is 1. The van der Waals surface area contributed by atoms with Gasteiger partial charge in [-0.25, -0.2) is 4.98 Å². The van der Waals surface area contributed by atoms with E-state index in [-0.39, 0.29) is 10.9 Å². The van der Waals surface area contributed by atoms with Crippen LogP contribution in [0.2, 0.25) is 0 Å². The summed E-state index contributed by atoms with van der Waals surface area (Å²) in [5, 5.41) is 2.74. The highest BCUT2D eigenvalue weighted by molar-refractivity contribution is 7.92. The molecule has 1 N–H and O–H groups in total. The Balaban J connectivity index is 1.86. The van der Waals surface area contributed by atoms with Gasteiger partial charge in [-0.3, -0.25) is 9.10 Å². The largest absolute Gasteiger partial charge is 0.357 e. The number of amides is 1. The van der Waals surface area contributed by atoms with Crippen LogP contribution in [0.1, 0.15) is 17.8 Å². The number of hydrogen-bond donors (Lipinski definition) is 1.